The number of carbonyl (C=O) groups is 2. The van der Waals surface area contributed by atoms with E-state index < -0.39 is 47.3 Å². The first-order chi connectivity index (χ1) is 19.7. The normalized spacial score (nSPS) is 22.8. The number of fused-ring (bicyclic) bond motifs is 2. The highest BCUT2D eigenvalue weighted by molar-refractivity contribution is 5.93. The lowest BCUT2D eigenvalue weighted by Crippen LogP contribution is -2.40. The summed E-state index contributed by atoms with van der Waals surface area (Å²) >= 11 is 0. The van der Waals surface area contributed by atoms with Crippen molar-refractivity contribution in [2.24, 2.45) is 17.3 Å². The molecule has 0 bridgehead atoms. The van der Waals surface area contributed by atoms with Crippen molar-refractivity contribution < 1.29 is 36.2 Å². The molecule has 3 amide bonds. The summed E-state index contributed by atoms with van der Waals surface area (Å²) in [5, 5.41) is 17.1. The predicted octanol–water partition coefficient (Wildman–Crippen LogP) is 4.24. The van der Waals surface area contributed by atoms with Gasteiger partial charge in [-0.3, -0.25) is 4.79 Å². The van der Waals surface area contributed by atoms with Crippen molar-refractivity contribution in [2.45, 2.75) is 70.1 Å². The highest BCUT2D eigenvalue weighted by atomic mass is 19.4. The Morgan fingerprint density at radius 3 is 2.71 bits per heavy atom. The molecule has 6 rings (SSSR count). The summed E-state index contributed by atoms with van der Waals surface area (Å²) in [5.74, 6) is -5.17. The third-order valence-corrected chi connectivity index (χ3v) is 8.49. The molecule has 1 aliphatic heterocycles. The van der Waals surface area contributed by atoms with E-state index in [0.717, 1.165) is 26.7 Å². The number of alkyl halides is 5. The maximum Gasteiger partial charge on any atom is 0.393 e. The summed E-state index contributed by atoms with van der Waals surface area (Å²) in [6.07, 6.45) is -0.233. The lowest BCUT2D eigenvalue weighted by atomic mass is 9.85. The van der Waals surface area contributed by atoms with Gasteiger partial charge in [-0.2, -0.15) is 18.3 Å². The number of rotatable bonds is 9. The van der Waals surface area contributed by atoms with Crippen LogP contribution in [-0.2, 0) is 6.54 Å². The number of amides is 3. The molecule has 0 unspecified atom stereocenters. The van der Waals surface area contributed by atoms with Gasteiger partial charge in [0.2, 0.25) is 0 Å². The fraction of sp³-hybridized carbons (Fsp3) is 0.615. The number of nitrogens with one attached hydrogen (secondary N) is 2. The minimum Gasteiger partial charge on any atom is -0.342 e. The molecule has 226 valence electrons. The number of aromatic nitrogens is 5. The molecule has 11 nitrogen and oxygen atoms in total. The average Bonchev–Trinajstić information content (AvgIpc) is 3.71. The molecule has 16 heteroatoms. The molecule has 3 fully saturated rings. The number of urea groups is 1. The largest absolute Gasteiger partial charge is 0.393 e. The molecule has 2 aliphatic carbocycles. The summed E-state index contributed by atoms with van der Waals surface area (Å²) in [7, 11) is 0. The minimum absolute atomic E-state index is 0.0130. The molecule has 2 N–H and O–H groups in total. The second-order valence-electron chi connectivity index (χ2n) is 12.0. The predicted molar refractivity (Wildman–Crippen MR) is 134 cm³/mol. The summed E-state index contributed by atoms with van der Waals surface area (Å²) in [5.41, 5.74) is -0.525. The highest BCUT2D eigenvalue weighted by Crippen LogP contribution is 2.55. The Kier molecular flexibility index (Phi) is 6.64. The van der Waals surface area contributed by atoms with Gasteiger partial charge in [-0.1, -0.05) is 19.0 Å². The fourth-order valence-electron chi connectivity index (χ4n) is 5.31. The number of halogens is 5. The van der Waals surface area contributed by atoms with Gasteiger partial charge >= 0.3 is 12.2 Å². The average molecular weight is 597 g/mol. The van der Waals surface area contributed by atoms with E-state index in [0.29, 0.717) is 16.9 Å². The van der Waals surface area contributed by atoms with E-state index in [9.17, 15) is 31.5 Å². The van der Waals surface area contributed by atoms with E-state index in [2.05, 4.69) is 31.0 Å². The van der Waals surface area contributed by atoms with Gasteiger partial charge in [0.25, 0.3) is 11.8 Å². The van der Waals surface area contributed by atoms with Gasteiger partial charge in [-0.15, -0.1) is 0 Å². The van der Waals surface area contributed by atoms with E-state index in [-0.39, 0.29) is 49.8 Å². The molecule has 3 atom stereocenters. The molecule has 0 aromatic carbocycles. The third-order valence-electron chi connectivity index (χ3n) is 8.49. The van der Waals surface area contributed by atoms with Crippen LogP contribution in [0, 0.1) is 17.3 Å². The molecule has 0 spiro atoms. The number of imidazole rings is 1. The Balaban J connectivity index is 1.23. The second-order valence-corrected chi connectivity index (χ2v) is 12.0. The Bertz CT molecular complexity index is 1510. The molecule has 0 radical (unpaired) electrons. The summed E-state index contributed by atoms with van der Waals surface area (Å²) < 4.78 is 74.9. The lowest BCUT2D eigenvalue weighted by Gasteiger charge is -2.29. The lowest BCUT2D eigenvalue weighted by molar-refractivity contribution is -0.214. The van der Waals surface area contributed by atoms with E-state index in [1.54, 1.807) is 6.07 Å². The molecular weight excluding hydrogens is 567 g/mol. The van der Waals surface area contributed by atoms with Gasteiger partial charge in [0, 0.05) is 25.6 Å². The van der Waals surface area contributed by atoms with Crippen LogP contribution in [-0.4, -0.2) is 66.9 Å². The van der Waals surface area contributed by atoms with Crippen LogP contribution in [0.15, 0.2) is 23.1 Å². The maximum absolute atomic E-state index is 13.9. The number of carbonyl (C=O) groups excluding carboxylic acids is 2. The quantitative estimate of drug-likeness (QED) is 0.354. The van der Waals surface area contributed by atoms with Crippen molar-refractivity contribution in [3.8, 4) is 0 Å². The van der Waals surface area contributed by atoms with Crippen LogP contribution < -0.4 is 10.6 Å². The molecule has 2 saturated carbocycles. The van der Waals surface area contributed by atoms with E-state index >= 15 is 0 Å². The molecular formula is C26H29F5N8O3. The SMILES string of the molecule is CC(C)(CC[C@H](NC(=O)c1nonc1C1CC1)c1cn2ncc(CN3C[C@H]4[C@@H](CNC3=O)C4(F)F)cc2n1)C(F)(F)F. The maximum atomic E-state index is 13.9. The van der Waals surface area contributed by atoms with Crippen molar-refractivity contribution in [3.63, 3.8) is 0 Å². The highest BCUT2D eigenvalue weighted by Gasteiger charge is 2.69. The Hall–Kier alpha value is -3.85. The summed E-state index contributed by atoms with van der Waals surface area (Å²) in [6.45, 7) is 2.01. The van der Waals surface area contributed by atoms with E-state index in [1.165, 1.54) is 21.8 Å². The first kappa shape index (κ1) is 28.3. The zero-order valence-electron chi connectivity index (χ0n) is 22.8. The molecule has 4 heterocycles. The van der Waals surface area contributed by atoms with E-state index in [1.807, 2.05) is 0 Å². The van der Waals surface area contributed by atoms with Crippen LogP contribution in [0.25, 0.3) is 5.65 Å². The van der Waals surface area contributed by atoms with E-state index in [4.69, 9.17) is 4.63 Å². The molecule has 3 aliphatic rings. The minimum atomic E-state index is -4.46. The Labute approximate surface area is 236 Å². The number of nitrogens with zero attached hydrogens (tertiary/aromatic N) is 6. The first-order valence-corrected chi connectivity index (χ1v) is 13.7. The van der Waals surface area contributed by atoms with Crippen molar-refractivity contribution in [1.82, 2.24) is 40.4 Å². The summed E-state index contributed by atoms with van der Waals surface area (Å²) in [4.78, 5) is 31.4. The fourth-order valence-corrected chi connectivity index (χ4v) is 5.31. The van der Waals surface area contributed by atoms with Crippen molar-refractivity contribution in [2.75, 3.05) is 13.1 Å². The van der Waals surface area contributed by atoms with Crippen LogP contribution in [0.5, 0.6) is 0 Å². The van der Waals surface area contributed by atoms with Crippen molar-refractivity contribution in [3.05, 3.63) is 41.1 Å². The first-order valence-electron chi connectivity index (χ1n) is 13.7. The van der Waals surface area contributed by atoms with Gasteiger partial charge in [0.1, 0.15) is 5.69 Å². The number of hydrogen-bond acceptors (Lipinski definition) is 7. The van der Waals surface area contributed by atoms with Gasteiger partial charge in [-0.25, -0.2) is 27.7 Å². The second kappa shape index (κ2) is 9.87. The van der Waals surface area contributed by atoms with Gasteiger partial charge < -0.3 is 15.5 Å². The zero-order chi connectivity index (χ0) is 30.0. The topological polar surface area (TPSA) is 131 Å². The van der Waals surface area contributed by atoms with Gasteiger partial charge in [0.05, 0.1) is 41.4 Å². The van der Waals surface area contributed by atoms with Crippen LogP contribution in [0.4, 0.5) is 26.7 Å². The Morgan fingerprint density at radius 1 is 1.24 bits per heavy atom. The zero-order valence-corrected chi connectivity index (χ0v) is 22.8. The van der Waals surface area contributed by atoms with Crippen LogP contribution in [0.2, 0.25) is 0 Å². The number of hydrogen-bond donors (Lipinski definition) is 2. The Morgan fingerprint density at radius 2 is 2.00 bits per heavy atom. The monoisotopic (exact) mass is 596 g/mol. The molecule has 3 aromatic heterocycles. The molecule has 3 aromatic rings. The van der Waals surface area contributed by atoms with Crippen LogP contribution >= 0.6 is 0 Å². The summed E-state index contributed by atoms with van der Waals surface area (Å²) in [6, 6.07) is 0.228. The smallest absolute Gasteiger partial charge is 0.342 e. The standard InChI is InChI=1S/C26H29F5N8O3/c1-24(2,26(29,30)31)6-5-17(35-22(40)21-20(14-3-4-14)36-42-37-21)18-12-39-19(34-18)7-13(8-33-39)10-38-11-16-15(25(16,27)28)9-32-23(38)41/h7-8,12,14-17H,3-6,9-11H2,1-2H3,(H,32,41)(H,35,40)/t15-,16+,17+/m1/s1. The van der Waals surface area contributed by atoms with Crippen LogP contribution in [0.1, 0.15) is 78.9 Å². The molecule has 42 heavy (non-hydrogen) atoms. The molecule has 1 saturated heterocycles. The third kappa shape index (κ3) is 5.26. The van der Waals surface area contributed by atoms with Gasteiger partial charge in [-0.05, 0) is 42.5 Å². The van der Waals surface area contributed by atoms with Gasteiger partial charge in [0.15, 0.2) is 11.3 Å². The van der Waals surface area contributed by atoms with Crippen molar-refractivity contribution in [1.29, 1.82) is 0 Å². The van der Waals surface area contributed by atoms with Crippen molar-refractivity contribution >= 4 is 17.6 Å². The van der Waals surface area contributed by atoms with Crippen LogP contribution in [0.3, 0.4) is 0 Å².